The molecule has 2 fully saturated rings. The maximum Gasteiger partial charge on any atom is 0.407 e. The molecule has 0 saturated heterocycles. The molecular weight excluding hydrogens is 465 g/mol. The van der Waals surface area contributed by atoms with Crippen molar-refractivity contribution in [3.63, 3.8) is 0 Å². The van der Waals surface area contributed by atoms with Gasteiger partial charge >= 0.3 is 6.09 Å². The Morgan fingerprint density at radius 2 is 1.94 bits per heavy atom. The molecule has 2 saturated carbocycles. The van der Waals surface area contributed by atoms with Gasteiger partial charge in [-0.05, 0) is 68.2 Å². The smallest absolute Gasteiger partial charge is 0.407 e. The van der Waals surface area contributed by atoms with Gasteiger partial charge in [-0.15, -0.1) is 0 Å². The van der Waals surface area contributed by atoms with Crippen molar-refractivity contribution in [2.24, 2.45) is 5.14 Å². The van der Waals surface area contributed by atoms with E-state index in [-0.39, 0.29) is 40.7 Å². The van der Waals surface area contributed by atoms with Crippen molar-refractivity contribution in [2.75, 3.05) is 12.4 Å². The van der Waals surface area contributed by atoms with Crippen LogP contribution >= 0.6 is 0 Å². The van der Waals surface area contributed by atoms with Gasteiger partial charge in [0.2, 0.25) is 16.0 Å². The van der Waals surface area contributed by atoms with Crippen molar-refractivity contribution in [3.05, 3.63) is 42.0 Å². The molecule has 0 bridgehead atoms. The van der Waals surface area contributed by atoms with E-state index in [0.29, 0.717) is 6.42 Å². The summed E-state index contributed by atoms with van der Waals surface area (Å²) in [6.07, 6.45) is 7.85. The number of halogens is 1. The van der Waals surface area contributed by atoms with Crippen LogP contribution < -0.4 is 15.8 Å². The largest absolute Gasteiger partial charge is 0.446 e. The zero-order valence-electron chi connectivity index (χ0n) is 18.7. The number of anilines is 2. The van der Waals surface area contributed by atoms with Gasteiger partial charge in [-0.1, -0.05) is 0 Å². The number of ether oxygens (including phenoxy) is 2. The Balaban J connectivity index is 1.30. The predicted octanol–water partition coefficient (Wildman–Crippen LogP) is 2.94. The summed E-state index contributed by atoms with van der Waals surface area (Å²) >= 11 is 0. The summed E-state index contributed by atoms with van der Waals surface area (Å²) in [5.74, 6) is -0.473. The highest BCUT2D eigenvalue weighted by molar-refractivity contribution is 7.89. The Hall–Kier alpha value is -2.83. The number of benzene rings is 1. The van der Waals surface area contributed by atoms with Crippen molar-refractivity contribution in [1.29, 1.82) is 0 Å². The minimum Gasteiger partial charge on any atom is -0.446 e. The summed E-state index contributed by atoms with van der Waals surface area (Å²) in [7, 11) is -2.34. The van der Waals surface area contributed by atoms with Crippen LogP contribution in [0.2, 0.25) is 0 Å². The SMILES string of the molecule is CO[C@@H]1CCCC1NC(=O)O[C@H]1CC[C@@H](c2cnc(Nc3ccc(S(N)(=O)=O)cc3F)nc2)C1. The van der Waals surface area contributed by atoms with Gasteiger partial charge in [0.25, 0.3) is 0 Å². The molecule has 4 rings (SSSR count). The standard InChI is InChI=1S/C22H28FN5O5S/c1-32-20-4-2-3-19(20)28-22(29)33-15-6-5-13(9-15)14-11-25-21(26-12-14)27-18-8-7-16(10-17(18)23)34(24,30)31/h7-8,10-13,15,19-20H,2-6,9H2,1H3,(H,28,29)(H2,24,30,31)(H,25,26,27)/t13-,15+,19?,20-/m1/s1. The summed E-state index contributed by atoms with van der Waals surface area (Å²) in [6.45, 7) is 0. The lowest BCUT2D eigenvalue weighted by Gasteiger charge is -2.21. The van der Waals surface area contributed by atoms with Gasteiger partial charge in [0, 0.05) is 19.5 Å². The van der Waals surface area contributed by atoms with Crippen LogP contribution in [0.4, 0.5) is 20.8 Å². The minimum atomic E-state index is -3.99. The van der Waals surface area contributed by atoms with Crippen LogP contribution in [0, 0.1) is 5.82 Å². The number of methoxy groups -OCH3 is 1. The maximum absolute atomic E-state index is 14.2. The van der Waals surface area contributed by atoms with Crippen molar-refractivity contribution in [3.8, 4) is 0 Å². The lowest BCUT2D eigenvalue weighted by molar-refractivity contribution is 0.0668. The summed E-state index contributed by atoms with van der Waals surface area (Å²) < 4.78 is 47.9. The first kappa shape index (κ1) is 24.3. The van der Waals surface area contributed by atoms with Crippen molar-refractivity contribution in [2.45, 2.75) is 67.6 Å². The number of aromatic nitrogens is 2. The van der Waals surface area contributed by atoms with Crippen molar-refractivity contribution < 1.29 is 27.1 Å². The second-order valence-electron chi connectivity index (χ2n) is 8.64. The number of carbonyl (C=O) groups is 1. The molecule has 10 nitrogen and oxygen atoms in total. The van der Waals surface area contributed by atoms with E-state index in [1.54, 1.807) is 19.5 Å². The summed E-state index contributed by atoms with van der Waals surface area (Å²) in [5, 5.41) is 10.7. The van der Waals surface area contributed by atoms with Crippen LogP contribution in [0.3, 0.4) is 0 Å². The van der Waals surface area contributed by atoms with Crippen LogP contribution in [0.1, 0.15) is 50.0 Å². The fraction of sp³-hybridized carbons (Fsp3) is 0.500. The molecule has 2 aliphatic rings. The van der Waals surface area contributed by atoms with Crippen LogP contribution in [-0.2, 0) is 19.5 Å². The molecule has 1 amide bonds. The molecular formula is C22H28FN5O5S. The second kappa shape index (κ2) is 10.2. The third-order valence-corrected chi connectivity index (χ3v) is 7.29. The molecule has 1 heterocycles. The number of hydrogen-bond acceptors (Lipinski definition) is 8. The molecule has 184 valence electrons. The number of sulfonamides is 1. The molecule has 1 unspecified atom stereocenters. The first-order valence-corrected chi connectivity index (χ1v) is 12.7. The average molecular weight is 494 g/mol. The number of primary sulfonamides is 1. The Morgan fingerprint density at radius 1 is 1.18 bits per heavy atom. The lowest BCUT2D eigenvalue weighted by atomic mass is 10.0. The average Bonchev–Trinajstić information content (AvgIpc) is 3.44. The fourth-order valence-corrected chi connectivity index (χ4v) is 5.09. The third kappa shape index (κ3) is 5.80. The van der Waals surface area contributed by atoms with E-state index in [1.165, 1.54) is 12.1 Å². The zero-order chi connectivity index (χ0) is 24.3. The van der Waals surface area contributed by atoms with Gasteiger partial charge in [0.15, 0.2) is 0 Å². The van der Waals surface area contributed by atoms with Crippen LogP contribution in [0.5, 0.6) is 0 Å². The summed E-state index contributed by atoms with van der Waals surface area (Å²) in [4.78, 5) is 20.4. The van der Waals surface area contributed by atoms with E-state index in [2.05, 4.69) is 20.6 Å². The van der Waals surface area contributed by atoms with Gasteiger partial charge in [-0.3, -0.25) is 0 Å². The van der Waals surface area contributed by atoms with Gasteiger partial charge in [-0.2, -0.15) is 0 Å². The van der Waals surface area contributed by atoms with E-state index >= 15 is 0 Å². The van der Waals surface area contributed by atoms with Gasteiger partial charge in [0.05, 0.1) is 22.7 Å². The van der Waals surface area contributed by atoms with Crippen LogP contribution in [0.25, 0.3) is 0 Å². The number of carbonyl (C=O) groups excluding carboxylic acids is 1. The molecule has 2 aliphatic carbocycles. The van der Waals surface area contributed by atoms with Crippen LogP contribution in [0.15, 0.2) is 35.5 Å². The number of nitrogens with one attached hydrogen (secondary N) is 2. The molecule has 4 atom stereocenters. The molecule has 0 spiro atoms. The van der Waals surface area contributed by atoms with Gasteiger partial charge < -0.3 is 20.1 Å². The monoisotopic (exact) mass is 493 g/mol. The Kier molecular flexibility index (Phi) is 7.29. The van der Waals surface area contributed by atoms with Crippen molar-refractivity contribution in [1.82, 2.24) is 15.3 Å². The second-order valence-corrected chi connectivity index (χ2v) is 10.2. The number of nitrogens with zero attached hydrogens (tertiary/aromatic N) is 2. The highest BCUT2D eigenvalue weighted by Gasteiger charge is 2.32. The van der Waals surface area contributed by atoms with E-state index in [9.17, 15) is 17.6 Å². The van der Waals surface area contributed by atoms with E-state index < -0.39 is 21.9 Å². The predicted molar refractivity (Wildman–Crippen MR) is 122 cm³/mol. The molecule has 0 radical (unpaired) electrons. The summed E-state index contributed by atoms with van der Waals surface area (Å²) in [6, 6.07) is 3.29. The first-order chi connectivity index (χ1) is 16.2. The molecule has 2 aromatic rings. The Labute approximate surface area is 197 Å². The molecule has 0 aliphatic heterocycles. The Morgan fingerprint density at radius 3 is 2.62 bits per heavy atom. The number of hydrogen-bond donors (Lipinski definition) is 3. The topological polar surface area (TPSA) is 146 Å². The molecule has 1 aromatic heterocycles. The number of rotatable bonds is 7. The number of alkyl carbamates (subject to hydrolysis) is 1. The summed E-state index contributed by atoms with van der Waals surface area (Å²) in [5.41, 5.74) is 0.927. The first-order valence-electron chi connectivity index (χ1n) is 11.1. The highest BCUT2D eigenvalue weighted by atomic mass is 32.2. The van der Waals surface area contributed by atoms with Crippen LogP contribution in [-0.4, -0.2) is 49.8 Å². The van der Waals surface area contributed by atoms with Gasteiger partial charge in [0.1, 0.15) is 11.9 Å². The van der Waals surface area contributed by atoms with Crippen molar-refractivity contribution >= 4 is 27.8 Å². The highest BCUT2D eigenvalue weighted by Crippen LogP contribution is 2.36. The normalized spacial score (nSPS) is 24.7. The van der Waals surface area contributed by atoms with E-state index in [0.717, 1.165) is 43.7 Å². The number of amides is 1. The molecule has 1 aromatic carbocycles. The number of nitrogens with two attached hydrogens (primary N) is 1. The zero-order valence-corrected chi connectivity index (χ0v) is 19.6. The minimum absolute atomic E-state index is 0.0103. The molecule has 12 heteroatoms. The quantitative estimate of drug-likeness (QED) is 0.534. The maximum atomic E-state index is 14.2. The fourth-order valence-electron chi connectivity index (χ4n) is 4.57. The Bertz CT molecular complexity index is 1130. The lowest BCUT2D eigenvalue weighted by Crippen LogP contribution is -2.42. The van der Waals surface area contributed by atoms with Gasteiger partial charge in [-0.25, -0.2) is 32.7 Å². The van der Waals surface area contributed by atoms with E-state index in [1.807, 2.05) is 0 Å². The molecule has 4 N–H and O–H groups in total. The van der Waals surface area contributed by atoms with E-state index in [4.69, 9.17) is 14.6 Å². The third-order valence-electron chi connectivity index (χ3n) is 6.38. The molecule has 34 heavy (non-hydrogen) atoms.